The van der Waals surface area contributed by atoms with Gasteiger partial charge in [0.05, 0.1) is 6.20 Å². The second-order valence-corrected chi connectivity index (χ2v) is 4.52. The number of halogens is 1. The van der Waals surface area contributed by atoms with Crippen LogP contribution in [0.4, 0.5) is 10.1 Å². The lowest BCUT2D eigenvalue weighted by Gasteiger charge is -2.15. The van der Waals surface area contributed by atoms with E-state index in [1.807, 2.05) is 0 Å². The summed E-state index contributed by atoms with van der Waals surface area (Å²) in [4.78, 5) is 3.87. The Morgan fingerprint density at radius 1 is 1.11 bits per heavy atom. The molecule has 0 spiro atoms. The summed E-state index contributed by atoms with van der Waals surface area (Å²) >= 11 is 0. The average molecular weight is 258 g/mol. The summed E-state index contributed by atoms with van der Waals surface area (Å²) in [5.41, 5.74) is 4.62. The molecule has 0 atom stereocenters. The zero-order chi connectivity index (χ0) is 13.7. The molecule has 2 aromatic rings. The fraction of sp³-hybridized carbons (Fsp3) is 0.312. The molecule has 0 bridgehead atoms. The minimum Gasteiger partial charge on any atom is -0.380 e. The number of aromatic nitrogens is 1. The Balaban J connectivity index is 2.19. The quantitative estimate of drug-likeness (QED) is 0.878. The van der Waals surface area contributed by atoms with Crippen molar-refractivity contribution in [1.29, 1.82) is 0 Å². The van der Waals surface area contributed by atoms with Crippen molar-refractivity contribution in [3.8, 4) is 0 Å². The van der Waals surface area contributed by atoms with Gasteiger partial charge in [-0.3, -0.25) is 4.98 Å². The highest BCUT2D eigenvalue weighted by atomic mass is 19.1. The lowest BCUT2D eigenvalue weighted by atomic mass is 10.0. The Bertz CT molecular complexity index is 530. The number of para-hydroxylation sites is 1. The number of rotatable bonds is 5. The highest BCUT2D eigenvalue weighted by molar-refractivity contribution is 5.58. The molecule has 1 heterocycles. The van der Waals surface area contributed by atoms with Crippen molar-refractivity contribution in [3.05, 3.63) is 59.2 Å². The number of benzene rings is 1. The second kappa shape index (κ2) is 6.32. The van der Waals surface area contributed by atoms with E-state index < -0.39 is 0 Å². The minimum absolute atomic E-state index is 0.293. The largest absolute Gasteiger partial charge is 0.380 e. The fourth-order valence-electron chi connectivity index (χ4n) is 2.21. The van der Waals surface area contributed by atoms with E-state index >= 15 is 0 Å². The molecular formula is C16H19FN2. The first-order chi connectivity index (χ1) is 9.24. The molecule has 0 aliphatic rings. The number of hydrogen-bond acceptors (Lipinski definition) is 2. The summed E-state index contributed by atoms with van der Waals surface area (Å²) < 4.78 is 13.1. The highest BCUT2D eigenvalue weighted by Crippen LogP contribution is 2.23. The third-order valence-electron chi connectivity index (χ3n) is 3.23. The Morgan fingerprint density at radius 2 is 1.79 bits per heavy atom. The number of nitrogens with zero attached hydrogens (tertiary/aromatic N) is 1. The van der Waals surface area contributed by atoms with Crippen LogP contribution in [0.3, 0.4) is 0 Å². The van der Waals surface area contributed by atoms with Crippen LogP contribution in [-0.4, -0.2) is 4.98 Å². The van der Waals surface area contributed by atoms with Gasteiger partial charge in [0.15, 0.2) is 0 Å². The van der Waals surface area contributed by atoms with Crippen molar-refractivity contribution < 1.29 is 4.39 Å². The van der Waals surface area contributed by atoms with E-state index in [0.717, 1.165) is 18.4 Å². The van der Waals surface area contributed by atoms with Crippen molar-refractivity contribution in [2.45, 2.75) is 33.2 Å². The van der Waals surface area contributed by atoms with Gasteiger partial charge in [-0.25, -0.2) is 4.39 Å². The molecule has 1 aromatic carbocycles. The number of pyridine rings is 1. The average Bonchev–Trinajstić information content (AvgIpc) is 2.44. The molecule has 19 heavy (non-hydrogen) atoms. The molecule has 0 aliphatic carbocycles. The standard InChI is InChI=1S/C16H19FN2/c1-3-13-6-5-7-14(4-2)16(13)19-10-12-8-15(17)11-18-9-12/h5-9,11,19H,3-4,10H2,1-2H3. The van der Waals surface area contributed by atoms with Crippen molar-refractivity contribution >= 4 is 5.69 Å². The summed E-state index contributed by atoms with van der Waals surface area (Å²) in [6, 6.07) is 7.86. The van der Waals surface area contributed by atoms with E-state index in [1.165, 1.54) is 29.1 Å². The van der Waals surface area contributed by atoms with Crippen LogP contribution in [0, 0.1) is 5.82 Å². The van der Waals surface area contributed by atoms with Gasteiger partial charge in [0.25, 0.3) is 0 Å². The number of hydrogen-bond donors (Lipinski definition) is 1. The van der Waals surface area contributed by atoms with Crippen LogP contribution in [-0.2, 0) is 19.4 Å². The van der Waals surface area contributed by atoms with E-state index in [9.17, 15) is 4.39 Å². The SMILES string of the molecule is CCc1cccc(CC)c1NCc1cncc(F)c1. The maximum absolute atomic E-state index is 13.1. The number of aryl methyl sites for hydroxylation is 2. The fourth-order valence-corrected chi connectivity index (χ4v) is 2.21. The third-order valence-corrected chi connectivity index (χ3v) is 3.23. The van der Waals surface area contributed by atoms with Gasteiger partial charge in [-0.15, -0.1) is 0 Å². The molecule has 100 valence electrons. The van der Waals surface area contributed by atoms with Crippen molar-refractivity contribution in [1.82, 2.24) is 4.98 Å². The van der Waals surface area contributed by atoms with E-state index in [4.69, 9.17) is 0 Å². The molecular weight excluding hydrogens is 239 g/mol. The van der Waals surface area contributed by atoms with Crippen molar-refractivity contribution in [2.24, 2.45) is 0 Å². The van der Waals surface area contributed by atoms with Crippen LogP contribution < -0.4 is 5.32 Å². The maximum atomic E-state index is 13.1. The Morgan fingerprint density at radius 3 is 2.37 bits per heavy atom. The summed E-state index contributed by atoms with van der Waals surface area (Å²) in [6.45, 7) is 4.88. The van der Waals surface area contributed by atoms with Gasteiger partial charge >= 0.3 is 0 Å². The Hall–Kier alpha value is -1.90. The molecule has 0 unspecified atom stereocenters. The van der Waals surface area contributed by atoms with E-state index in [1.54, 1.807) is 6.20 Å². The van der Waals surface area contributed by atoms with Gasteiger partial charge < -0.3 is 5.32 Å². The smallest absolute Gasteiger partial charge is 0.141 e. The number of anilines is 1. The van der Waals surface area contributed by atoms with Gasteiger partial charge in [-0.1, -0.05) is 32.0 Å². The van der Waals surface area contributed by atoms with Gasteiger partial charge in [-0.2, -0.15) is 0 Å². The van der Waals surface area contributed by atoms with Crippen LogP contribution in [0.15, 0.2) is 36.7 Å². The van der Waals surface area contributed by atoms with E-state index in [-0.39, 0.29) is 5.82 Å². The topological polar surface area (TPSA) is 24.9 Å². The zero-order valence-electron chi connectivity index (χ0n) is 11.4. The molecule has 0 fully saturated rings. The highest BCUT2D eigenvalue weighted by Gasteiger charge is 2.06. The summed E-state index contributed by atoms with van der Waals surface area (Å²) in [7, 11) is 0. The maximum Gasteiger partial charge on any atom is 0.141 e. The number of nitrogens with one attached hydrogen (secondary N) is 1. The summed E-state index contributed by atoms with van der Waals surface area (Å²) in [5.74, 6) is -0.293. The Labute approximate surface area is 113 Å². The second-order valence-electron chi connectivity index (χ2n) is 4.52. The van der Waals surface area contributed by atoms with E-state index in [0.29, 0.717) is 6.54 Å². The molecule has 1 aromatic heterocycles. The molecule has 0 saturated carbocycles. The summed E-state index contributed by atoms with van der Waals surface area (Å²) in [5, 5.41) is 3.42. The van der Waals surface area contributed by atoms with E-state index in [2.05, 4.69) is 42.3 Å². The van der Waals surface area contributed by atoms with Crippen LogP contribution in [0.5, 0.6) is 0 Å². The van der Waals surface area contributed by atoms with Crippen LogP contribution in [0.25, 0.3) is 0 Å². The summed E-state index contributed by atoms with van der Waals surface area (Å²) in [6.07, 6.45) is 4.88. The lowest BCUT2D eigenvalue weighted by Crippen LogP contribution is -2.05. The normalized spacial score (nSPS) is 10.5. The van der Waals surface area contributed by atoms with Gasteiger partial charge in [0.1, 0.15) is 5.82 Å². The van der Waals surface area contributed by atoms with Crippen molar-refractivity contribution in [2.75, 3.05) is 5.32 Å². The van der Waals surface area contributed by atoms with Gasteiger partial charge in [0, 0.05) is 18.4 Å². The molecule has 0 saturated heterocycles. The van der Waals surface area contributed by atoms with Crippen LogP contribution in [0.2, 0.25) is 0 Å². The monoisotopic (exact) mass is 258 g/mol. The third kappa shape index (κ3) is 3.31. The molecule has 0 aliphatic heterocycles. The molecule has 2 nitrogen and oxygen atoms in total. The first kappa shape index (κ1) is 13.5. The predicted molar refractivity (Wildman–Crippen MR) is 76.7 cm³/mol. The van der Waals surface area contributed by atoms with Gasteiger partial charge in [0.2, 0.25) is 0 Å². The Kier molecular flexibility index (Phi) is 4.50. The zero-order valence-corrected chi connectivity index (χ0v) is 11.4. The molecule has 1 N–H and O–H groups in total. The first-order valence-electron chi connectivity index (χ1n) is 6.68. The predicted octanol–water partition coefficient (Wildman–Crippen LogP) is 3.96. The molecule has 0 amide bonds. The minimum atomic E-state index is -0.293. The van der Waals surface area contributed by atoms with Gasteiger partial charge in [-0.05, 0) is 35.6 Å². The van der Waals surface area contributed by atoms with Crippen LogP contribution >= 0.6 is 0 Å². The first-order valence-corrected chi connectivity index (χ1v) is 6.68. The molecule has 2 rings (SSSR count). The van der Waals surface area contributed by atoms with Crippen LogP contribution in [0.1, 0.15) is 30.5 Å². The molecule has 3 heteroatoms. The van der Waals surface area contributed by atoms with Crippen molar-refractivity contribution in [3.63, 3.8) is 0 Å². The lowest BCUT2D eigenvalue weighted by molar-refractivity contribution is 0.619. The molecule has 0 radical (unpaired) electrons.